The number of rotatable bonds is 8. The predicted octanol–water partition coefficient (Wildman–Crippen LogP) is 3.21. The highest BCUT2D eigenvalue weighted by Gasteiger charge is 2.16. The Balaban J connectivity index is 1.70. The highest BCUT2D eigenvalue weighted by molar-refractivity contribution is 7.92. The third kappa shape index (κ3) is 5.55. The minimum absolute atomic E-state index is 0.000382. The minimum Gasteiger partial charge on any atom is -0.494 e. The van der Waals surface area contributed by atoms with Gasteiger partial charge >= 0.3 is 0 Å². The van der Waals surface area contributed by atoms with Gasteiger partial charge in [0, 0.05) is 30.2 Å². The molecule has 7 nitrogen and oxygen atoms in total. The molecule has 3 aromatic rings. The van der Waals surface area contributed by atoms with Gasteiger partial charge in [-0.05, 0) is 61.0 Å². The van der Waals surface area contributed by atoms with Crippen LogP contribution in [-0.4, -0.2) is 25.9 Å². The molecule has 1 amide bonds. The number of carbonyl (C=O) groups excluding carboxylic acids is 1. The Morgan fingerprint density at radius 3 is 2.55 bits per heavy atom. The first-order chi connectivity index (χ1) is 14.0. The molecule has 0 aliphatic rings. The van der Waals surface area contributed by atoms with E-state index >= 15 is 0 Å². The highest BCUT2D eigenvalue weighted by Crippen LogP contribution is 2.20. The van der Waals surface area contributed by atoms with Gasteiger partial charge in [0.1, 0.15) is 5.75 Å². The molecule has 2 N–H and O–H groups in total. The van der Waals surface area contributed by atoms with E-state index < -0.39 is 10.0 Å². The van der Waals surface area contributed by atoms with Crippen LogP contribution in [0.5, 0.6) is 5.75 Å². The lowest BCUT2D eigenvalue weighted by Gasteiger charge is -2.11. The average Bonchev–Trinajstić information content (AvgIpc) is 2.74. The van der Waals surface area contributed by atoms with E-state index in [1.807, 2.05) is 13.0 Å². The van der Waals surface area contributed by atoms with Gasteiger partial charge in [-0.1, -0.05) is 12.1 Å². The van der Waals surface area contributed by atoms with Crippen molar-refractivity contribution in [2.24, 2.45) is 0 Å². The molecule has 0 radical (unpaired) electrons. The molecule has 8 heteroatoms. The predicted molar refractivity (Wildman–Crippen MR) is 110 cm³/mol. The lowest BCUT2D eigenvalue weighted by molar-refractivity contribution is 0.0950. The molecular weight excluding hydrogens is 390 g/mol. The van der Waals surface area contributed by atoms with Crippen LogP contribution in [0.3, 0.4) is 0 Å². The first kappa shape index (κ1) is 20.3. The Morgan fingerprint density at radius 2 is 1.86 bits per heavy atom. The van der Waals surface area contributed by atoms with Crippen LogP contribution in [0.4, 0.5) is 5.69 Å². The lowest BCUT2D eigenvalue weighted by atomic mass is 10.2. The smallest absolute Gasteiger partial charge is 0.261 e. The number of nitrogens with zero attached hydrogens (tertiary/aromatic N) is 1. The maximum absolute atomic E-state index is 12.7. The summed E-state index contributed by atoms with van der Waals surface area (Å²) in [4.78, 5) is 16.4. The van der Waals surface area contributed by atoms with Crippen molar-refractivity contribution in [3.05, 3.63) is 84.2 Å². The summed E-state index contributed by atoms with van der Waals surface area (Å²) < 4.78 is 33.2. The Labute approximate surface area is 169 Å². The van der Waals surface area contributed by atoms with Crippen molar-refractivity contribution in [1.29, 1.82) is 0 Å². The van der Waals surface area contributed by atoms with E-state index in [4.69, 9.17) is 4.74 Å². The first-order valence-corrected chi connectivity index (χ1v) is 10.5. The number of carbonyl (C=O) groups is 1. The van der Waals surface area contributed by atoms with Gasteiger partial charge in [0.05, 0.1) is 11.5 Å². The number of anilines is 1. The topological polar surface area (TPSA) is 97.4 Å². The van der Waals surface area contributed by atoms with Crippen LogP contribution in [0.15, 0.2) is 78.0 Å². The summed E-state index contributed by atoms with van der Waals surface area (Å²) in [6.07, 6.45) is 3.30. The molecule has 0 bridgehead atoms. The quantitative estimate of drug-likeness (QED) is 0.593. The van der Waals surface area contributed by atoms with Crippen LogP contribution in [-0.2, 0) is 16.6 Å². The molecule has 3 rings (SSSR count). The Morgan fingerprint density at radius 1 is 1.07 bits per heavy atom. The van der Waals surface area contributed by atoms with E-state index in [1.54, 1.807) is 48.8 Å². The second-order valence-corrected chi connectivity index (χ2v) is 7.82. The van der Waals surface area contributed by atoms with Crippen molar-refractivity contribution in [1.82, 2.24) is 10.3 Å². The summed E-state index contributed by atoms with van der Waals surface area (Å²) in [7, 11) is -3.84. The summed E-state index contributed by atoms with van der Waals surface area (Å²) in [6.45, 7) is 2.70. The lowest BCUT2D eigenvalue weighted by Crippen LogP contribution is -2.23. The SMILES string of the molecule is CCOc1ccc(NS(=O)(=O)c2cccc(C(=O)NCc3cccnc3)c2)cc1. The molecule has 1 aromatic heterocycles. The van der Waals surface area contributed by atoms with E-state index in [0.29, 0.717) is 24.6 Å². The van der Waals surface area contributed by atoms with Crippen molar-refractivity contribution >= 4 is 21.6 Å². The van der Waals surface area contributed by atoms with Crippen molar-refractivity contribution in [3.63, 3.8) is 0 Å². The van der Waals surface area contributed by atoms with Gasteiger partial charge in [-0.3, -0.25) is 14.5 Å². The fourth-order valence-corrected chi connectivity index (χ4v) is 3.70. The molecule has 150 valence electrons. The number of aromatic nitrogens is 1. The molecule has 0 aliphatic heterocycles. The normalized spacial score (nSPS) is 10.9. The van der Waals surface area contributed by atoms with Crippen molar-refractivity contribution in [3.8, 4) is 5.75 Å². The largest absolute Gasteiger partial charge is 0.494 e. The maximum atomic E-state index is 12.7. The van der Waals surface area contributed by atoms with Crippen molar-refractivity contribution in [2.45, 2.75) is 18.4 Å². The number of ether oxygens (including phenoxy) is 1. The van der Waals surface area contributed by atoms with E-state index in [0.717, 1.165) is 5.56 Å². The molecule has 0 aliphatic carbocycles. The molecule has 0 spiro atoms. The van der Waals surface area contributed by atoms with E-state index in [-0.39, 0.29) is 16.4 Å². The summed E-state index contributed by atoms with van der Waals surface area (Å²) in [5.74, 6) is 0.287. The summed E-state index contributed by atoms with van der Waals surface area (Å²) in [5.41, 5.74) is 1.50. The summed E-state index contributed by atoms with van der Waals surface area (Å²) in [5, 5.41) is 2.75. The zero-order chi connectivity index (χ0) is 20.7. The molecule has 1 heterocycles. The molecule has 0 saturated heterocycles. The van der Waals surface area contributed by atoms with Crippen molar-refractivity contribution < 1.29 is 17.9 Å². The standard InChI is InChI=1S/C21H21N3O4S/c1-2-28-19-10-8-18(9-11-19)24-29(26,27)20-7-3-6-17(13-20)21(25)23-15-16-5-4-12-22-14-16/h3-14,24H,2,15H2,1H3,(H,23,25). The Bertz CT molecular complexity index is 1070. The fraction of sp³-hybridized carbons (Fsp3) is 0.143. The van der Waals surface area contributed by atoms with Crippen LogP contribution in [0, 0.1) is 0 Å². The molecule has 0 fully saturated rings. The number of benzene rings is 2. The second-order valence-electron chi connectivity index (χ2n) is 6.13. The summed E-state index contributed by atoms with van der Waals surface area (Å²) >= 11 is 0. The average molecular weight is 411 g/mol. The van der Waals surface area contributed by atoms with Crippen LogP contribution < -0.4 is 14.8 Å². The van der Waals surface area contributed by atoms with Gasteiger partial charge in [-0.15, -0.1) is 0 Å². The van der Waals surface area contributed by atoms with Crippen LogP contribution >= 0.6 is 0 Å². The Kier molecular flexibility index (Phi) is 6.46. The summed E-state index contributed by atoms with van der Waals surface area (Å²) in [6, 6.07) is 16.1. The molecule has 0 atom stereocenters. The molecule has 2 aromatic carbocycles. The molecule has 29 heavy (non-hydrogen) atoms. The van der Waals surface area contributed by atoms with Gasteiger partial charge < -0.3 is 10.1 Å². The third-order valence-corrected chi connectivity index (χ3v) is 5.38. The zero-order valence-electron chi connectivity index (χ0n) is 15.8. The third-order valence-electron chi connectivity index (χ3n) is 4.00. The van der Waals surface area contributed by atoms with Gasteiger partial charge in [-0.2, -0.15) is 0 Å². The van der Waals surface area contributed by atoms with Gasteiger partial charge in [0.15, 0.2) is 0 Å². The van der Waals surface area contributed by atoms with Crippen LogP contribution in [0.1, 0.15) is 22.8 Å². The number of amides is 1. The van der Waals surface area contributed by atoms with Gasteiger partial charge in [-0.25, -0.2) is 8.42 Å². The number of pyridine rings is 1. The maximum Gasteiger partial charge on any atom is 0.261 e. The molecule has 0 saturated carbocycles. The number of hydrogen-bond donors (Lipinski definition) is 2. The number of hydrogen-bond acceptors (Lipinski definition) is 5. The van der Waals surface area contributed by atoms with Crippen molar-refractivity contribution in [2.75, 3.05) is 11.3 Å². The fourth-order valence-electron chi connectivity index (χ4n) is 2.59. The first-order valence-electron chi connectivity index (χ1n) is 9.01. The highest BCUT2D eigenvalue weighted by atomic mass is 32.2. The number of nitrogens with one attached hydrogen (secondary N) is 2. The monoisotopic (exact) mass is 411 g/mol. The number of sulfonamides is 1. The zero-order valence-corrected chi connectivity index (χ0v) is 16.6. The Hall–Kier alpha value is -3.39. The van der Waals surface area contributed by atoms with Gasteiger partial charge in [0.2, 0.25) is 0 Å². The van der Waals surface area contributed by atoms with E-state index in [2.05, 4.69) is 15.0 Å². The van der Waals surface area contributed by atoms with Crippen LogP contribution in [0.2, 0.25) is 0 Å². The van der Waals surface area contributed by atoms with E-state index in [1.165, 1.54) is 18.2 Å². The molecule has 0 unspecified atom stereocenters. The molecular formula is C21H21N3O4S. The van der Waals surface area contributed by atoms with Crippen LogP contribution in [0.25, 0.3) is 0 Å². The van der Waals surface area contributed by atoms with Gasteiger partial charge in [0.25, 0.3) is 15.9 Å². The minimum atomic E-state index is -3.84. The second kappa shape index (κ2) is 9.20. The van der Waals surface area contributed by atoms with E-state index in [9.17, 15) is 13.2 Å².